The van der Waals surface area contributed by atoms with Crippen LogP contribution >= 0.6 is 23.2 Å². The highest BCUT2D eigenvalue weighted by molar-refractivity contribution is 6.32. The van der Waals surface area contributed by atoms with Gasteiger partial charge in [-0.05, 0) is 43.2 Å². The maximum Gasteiger partial charge on any atom is 0.307 e. The number of aliphatic hydroxyl groups is 1. The van der Waals surface area contributed by atoms with Crippen LogP contribution in [0.4, 0.5) is 8.78 Å². The average molecular weight is 586 g/mol. The molecule has 0 radical (unpaired) electrons. The molecule has 1 amide bonds. The van der Waals surface area contributed by atoms with Crippen LogP contribution in [0, 0.1) is 11.6 Å². The van der Waals surface area contributed by atoms with Crippen LogP contribution in [0.15, 0.2) is 66.7 Å². The molecule has 0 spiro atoms. The quantitative estimate of drug-likeness (QED) is 0.295. The Bertz CT molecular complexity index is 1600. The third kappa shape index (κ3) is 5.20. The summed E-state index contributed by atoms with van der Waals surface area (Å²) in [6.07, 6.45) is -0.610. The molecule has 40 heavy (non-hydrogen) atoms. The summed E-state index contributed by atoms with van der Waals surface area (Å²) in [5, 5.41) is 26.3. The molecular formula is C29H23Cl2F2N3O4. The highest BCUT2D eigenvalue weighted by Crippen LogP contribution is 2.37. The second-order valence-corrected chi connectivity index (χ2v) is 10.4. The molecular weight excluding hydrogens is 563 g/mol. The first-order valence-corrected chi connectivity index (χ1v) is 13.2. The number of carboxylic acid groups (broad SMARTS) is 1. The van der Waals surface area contributed by atoms with Crippen LogP contribution in [0.25, 0.3) is 16.9 Å². The third-order valence-corrected chi connectivity index (χ3v) is 7.61. The fraction of sp³-hybridized carbons (Fsp3) is 0.207. The van der Waals surface area contributed by atoms with Crippen molar-refractivity contribution in [2.24, 2.45) is 0 Å². The van der Waals surface area contributed by atoms with E-state index >= 15 is 0 Å². The topological polar surface area (TPSA) is 95.7 Å². The molecule has 0 unspecified atom stereocenters. The van der Waals surface area contributed by atoms with Gasteiger partial charge in [-0.15, -0.1) is 0 Å². The van der Waals surface area contributed by atoms with Crippen molar-refractivity contribution in [1.82, 2.24) is 14.7 Å². The Balaban J connectivity index is 1.56. The van der Waals surface area contributed by atoms with Crippen LogP contribution in [-0.2, 0) is 16.8 Å². The zero-order valence-electron chi connectivity index (χ0n) is 21.0. The van der Waals surface area contributed by atoms with E-state index in [1.165, 1.54) is 21.7 Å². The molecule has 1 fully saturated rings. The number of hydrogen-bond acceptors (Lipinski definition) is 4. The summed E-state index contributed by atoms with van der Waals surface area (Å²) in [6.45, 7) is 0.0139. The van der Waals surface area contributed by atoms with Crippen molar-refractivity contribution in [3.8, 4) is 16.9 Å². The van der Waals surface area contributed by atoms with E-state index in [4.69, 9.17) is 23.2 Å². The minimum atomic E-state index is -1.67. The molecule has 3 aromatic carbocycles. The second-order valence-electron chi connectivity index (χ2n) is 9.54. The Labute approximate surface area is 238 Å². The van der Waals surface area contributed by atoms with Gasteiger partial charge in [-0.25, -0.2) is 13.5 Å². The lowest BCUT2D eigenvalue weighted by atomic mass is 9.84. The Morgan fingerprint density at radius 3 is 2.27 bits per heavy atom. The largest absolute Gasteiger partial charge is 0.481 e. The summed E-state index contributed by atoms with van der Waals surface area (Å²) in [5.41, 5.74) is -0.370. The number of carboxylic acids is 1. The first-order chi connectivity index (χ1) is 19.1. The smallest absolute Gasteiger partial charge is 0.307 e. The number of rotatable bonds is 6. The monoisotopic (exact) mass is 585 g/mol. The van der Waals surface area contributed by atoms with Crippen molar-refractivity contribution < 1.29 is 28.6 Å². The molecule has 1 aliphatic heterocycles. The number of aliphatic carboxylic acids is 1. The Hall–Kier alpha value is -3.79. The zero-order chi connectivity index (χ0) is 28.6. The summed E-state index contributed by atoms with van der Waals surface area (Å²) < 4.78 is 29.7. The second kappa shape index (κ2) is 11.0. The Morgan fingerprint density at radius 1 is 0.950 bits per heavy atom. The molecule has 2 heterocycles. The zero-order valence-corrected chi connectivity index (χ0v) is 22.5. The number of halogens is 4. The molecule has 0 saturated carbocycles. The average Bonchev–Trinajstić information content (AvgIpc) is 3.29. The number of amides is 1. The highest BCUT2D eigenvalue weighted by atomic mass is 35.5. The summed E-state index contributed by atoms with van der Waals surface area (Å²) in [7, 11) is 0. The molecule has 0 atom stereocenters. The van der Waals surface area contributed by atoms with Gasteiger partial charge in [0.15, 0.2) is 17.3 Å². The molecule has 0 bridgehead atoms. The molecule has 5 rings (SSSR count). The number of nitrogens with zero attached hydrogens (tertiary/aromatic N) is 3. The van der Waals surface area contributed by atoms with Crippen molar-refractivity contribution >= 4 is 35.1 Å². The van der Waals surface area contributed by atoms with E-state index in [0.717, 1.165) is 6.07 Å². The van der Waals surface area contributed by atoms with Crippen molar-refractivity contribution in [3.05, 3.63) is 105 Å². The number of piperidine rings is 1. The van der Waals surface area contributed by atoms with Crippen molar-refractivity contribution in [2.75, 3.05) is 13.1 Å². The van der Waals surface area contributed by atoms with Gasteiger partial charge in [-0.1, -0.05) is 59.6 Å². The molecule has 1 aliphatic rings. The van der Waals surface area contributed by atoms with Gasteiger partial charge < -0.3 is 15.1 Å². The van der Waals surface area contributed by atoms with E-state index in [9.17, 15) is 28.6 Å². The predicted octanol–water partition coefficient (Wildman–Crippen LogP) is 5.88. The number of para-hydroxylation sites is 1. The number of carbonyl (C=O) groups is 2. The standard InChI is InChI=1S/C29H23Cl2F2N3O4/c30-18-10-8-17(9-11-18)27-19(16-24(37)38)26(34-36(27)23-7-2-1-5-21(23)31)28(39)35-14-12-29(40,13-15-35)20-4-3-6-22(32)25(20)33/h1-11,40H,12-16H2,(H,37,38). The fourth-order valence-electron chi connectivity index (χ4n) is 5.00. The SMILES string of the molecule is O=C(O)Cc1c(C(=O)N2CCC(O)(c3cccc(F)c3F)CC2)nn(-c2ccccc2Cl)c1-c1ccc(Cl)cc1. The maximum absolute atomic E-state index is 14.5. The van der Waals surface area contributed by atoms with Crippen LogP contribution < -0.4 is 0 Å². The van der Waals surface area contributed by atoms with E-state index in [-0.39, 0.29) is 42.8 Å². The van der Waals surface area contributed by atoms with Gasteiger partial charge in [0.25, 0.3) is 5.91 Å². The van der Waals surface area contributed by atoms with Gasteiger partial charge in [-0.3, -0.25) is 9.59 Å². The number of aromatic nitrogens is 2. The molecule has 7 nitrogen and oxygen atoms in total. The first-order valence-electron chi connectivity index (χ1n) is 12.4. The lowest BCUT2D eigenvalue weighted by Crippen LogP contribution is -2.46. The lowest BCUT2D eigenvalue weighted by molar-refractivity contribution is -0.136. The number of benzene rings is 3. The van der Waals surface area contributed by atoms with E-state index < -0.39 is 35.5 Å². The lowest BCUT2D eigenvalue weighted by Gasteiger charge is -2.38. The van der Waals surface area contributed by atoms with Crippen LogP contribution in [-0.4, -0.2) is 49.9 Å². The summed E-state index contributed by atoms with van der Waals surface area (Å²) in [4.78, 5) is 27.2. The predicted molar refractivity (Wildman–Crippen MR) is 146 cm³/mol. The van der Waals surface area contributed by atoms with Crippen molar-refractivity contribution in [3.63, 3.8) is 0 Å². The number of hydrogen-bond donors (Lipinski definition) is 2. The van der Waals surface area contributed by atoms with Gasteiger partial charge in [0.1, 0.15) is 0 Å². The Morgan fingerprint density at radius 2 is 1.62 bits per heavy atom. The van der Waals surface area contributed by atoms with E-state index in [1.807, 2.05) is 0 Å². The van der Waals surface area contributed by atoms with Crippen molar-refractivity contribution in [1.29, 1.82) is 0 Å². The van der Waals surface area contributed by atoms with Gasteiger partial charge in [0, 0.05) is 34.8 Å². The van der Waals surface area contributed by atoms with Crippen molar-refractivity contribution in [2.45, 2.75) is 24.9 Å². The molecule has 1 saturated heterocycles. The number of likely N-dealkylation sites (tertiary alicyclic amines) is 1. The van der Waals surface area contributed by atoms with E-state index in [1.54, 1.807) is 48.5 Å². The highest BCUT2D eigenvalue weighted by Gasteiger charge is 2.39. The summed E-state index contributed by atoms with van der Waals surface area (Å²) >= 11 is 12.6. The third-order valence-electron chi connectivity index (χ3n) is 7.04. The fourth-order valence-corrected chi connectivity index (χ4v) is 5.35. The van der Waals surface area contributed by atoms with E-state index in [2.05, 4.69) is 5.10 Å². The molecule has 206 valence electrons. The normalized spacial score (nSPS) is 14.8. The number of carbonyl (C=O) groups excluding carboxylic acids is 1. The minimum Gasteiger partial charge on any atom is -0.481 e. The molecule has 0 aliphatic carbocycles. The van der Waals surface area contributed by atoms with Crippen LogP contribution in [0.3, 0.4) is 0 Å². The summed E-state index contributed by atoms with van der Waals surface area (Å²) in [6, 6.07) is 17.1. The first kappa shape index (κ1) is 27.8. The van der Waals surface area contributed by atoms with Crippen LogP contribution in [0.2, 0.25) is 10.0 Å². The van der Waals surface area contributed by atoms with Crippen LogP contribution in [0.1, 0.15) is 34.5 Å². The van der Waals surface area contributed by atoms with E-state index in [0.29, 0.717) is 27.0 Å². The molecule has 2 N–H and O–H groups in total. The molecule has 1 aromatic heterocycles. The van der Waals surface area contributed by atoms with Gasteiger partial charge >= 0.3 is 5.97 Å². The van der Waals surface area contributed by atoms with Gasteiger partial charge in [0.05, 0.1) is 28.4 Å². The maximum atomic E-state index is 14.5. The summed E-state index contributed by atoms with van der Waals surface area (Å²) in [5.74, 6) is -3.92. The van der Waals surface area contributed by atoms with Gasteiger partial charge in [-0.2, -0.15) is 5.10 Å². The van der Waals surface area contributed by atoms with Gasteiger partial charge in [0.2, 0.25) is 0 Å². The Kier molecular flexibility index (Phi) is 7.63. The minimum absolute atomic E-state index is 0.00697. The molecule has 4 aromatic rings. The van der Waals surface area contributed by atoms with Crippen LogP contribution in [0.5, 0.6) is 0 Å². The molecule has 11 heteroatoms.